The van der Waals surface area contributed by atoms with Crippen molar-refractivity contribution in [1.29, 1.82) is 0 Å². The molecule has 2 rings (SSSR count). The van der Waals surface area contributed by atoms with Gasteiger partial charge in [0.05, 0.1) is 22.1 Å². The molecular formula is C12H9ClFNOS. The molecule has 0 saturated carbocycles. The van der Waals surface area contributed by atoms with Gasteiger partial charge < -0.3 is 0 Å². The third-order valence-corrected chi connectivity index (χ3v) is 3.38. The van der Waals surface area contributed by atoms with Crippen LogP contribution in [0.5, 0.6) is 0 Å². The Hall–Kier alpha value is -1.26. The number of hydrogen-bond acceptors (Lipinski definition) is 3. The number of nitrogens with zero attached hydrogens (tertiary/aromatic N) is 1. The first-order valence-corrected chi connectivity index (χ1v) is 6.21. The van der Waals surface area contributed by atoms with E-state index in [1.165, 1.54) is 23.5 Å². The van der Waals surface area contributed by atoms with E-state index in [0.717, 1.165) is 11.1 Å². The Morgan fingerprint density at radius 2 is 2.29 bits per heavy atom. The van der Waals surface area contributed by atoms with E-state index in [0.29, 0.717) is 11.3 Å². The van der Waals surface area contributed by atoms with Crippen LogP contribution in [0, 0.1) is 12.7 Å². The van der Waals surface area contributed by atoms with Crippen LogP contribution >= 0.6 is 22.9 Å². The maximum Gasteiger partial charge on any atom is 0.168 e. The SMILES string of the molecule is Cc1nc(CC(=O)c2ccc(Cl)c(F)c2)cs1. The third-order valence-electron chi connectivity index (χ3n) is 2.25. The molecule has 0 radical (unpaired) electrons. The van der Waals surface area contributed by atoms with Gasteiger partial charge >= 0.3 is 0 Å². The van der Waals surface area contributed by atoms with E-state index in [1.807, 2.05) is 12.3 Å². The van der Waals surface area contributed by atoms with Crippen LogP contribution in [-0.4, -0.2) is 10.8 Å². The fourth-order valence-corrected chi connectivity index (χ4v) is 2.16. The molecule has 0 saturated heterocycles. The second-order valence-corrected chi connectivity index (χ2v) is 5.06. The highest BCUT2D eigenvalue weighted by Gasteiger charge is 2.11. The molecule has 0 bridgehead atoms. The fraction of sp³-hybridized carbons (Fsp3) is 0.167. The van der Waals surface area contributed by atoms with E-state index in [9.17, 15) is 9.18 Å². The standard InChI is InChI=1S/C12H9ClFNOS/c1-7-15-9(6-17-7)5-12(16)8-2-3-10(13)11(14)4-8/h2-4,6H,5H2,1H3. The van der Waals surface area contributed by atoms with Crippen molar-refractivity contribution in [3.63, 3.8) is 0 Å². The molecule has 0 fully saturated rings. The quantitative estimate of drug-likeness (QED) is 0.796. The van der Waals surface area contributed by atoms with Gasteiger partial charge in [-0.3, -0.25) is 4.79 Å². The van der Waals surface area contributed by atoms with E-state index in [2.05, 4.69) is 4.98 Å². The molecule has 0 aliphatic heterocycles. The lowest BCUT2D eigenvalue weighted by Crippen LogP contribution is -2.04. The minimum atomic E-state index is -0.577. The minimum absolute atomic E-state index is 0.0195. The zero-order valence-corrected chi connectivity index (χ0v) is 10.6. The van der Waals surface area contributed by atoms with Crippen molar-refractivity contribution in [1.82, 2.24) is 4.98 Å². The van der Waals surface area contributed by atoms with Gasteiger partial charge in [-0.15, -0.1) is 11.3 Å². The van der Waals surface area contributed by atoms with Gasteiger partial charge in [0.15, 0.2) is 5.78 Å². The first-order chi connectivity index (χ1) is 8.06. The summed E-state index contributed by atoms with van der Waals surface area (Å²) in [6.07, 6.45) is 0.186. The third kappa shape index (κ3) is 2.90. The maximum absolute atomic E-state index is 13.2. The molecule has 88 valence electrons. The lowest BCUT2D eigenvalue weighted by molar-refractivity contribution is 0.0991. The molecule has 5 heteroatoms. The van der Waals surface area contributed by atoms with Gasteiger partial charge in [-0.25, -0.2) is 9.37 Å². The fourth-order valence-electron chi connectivity index (χ4n) is 1.43. The molecule has 1 aromatic heterocycles. The number of carbonyl (C=O) groups is 1. The molecule has 17 heavy (non-hydrogen) atoms. The molecule has 0 aliphatic rings. The molecule has 0 aliphatic carbocycles. The number of aromatic nitrogens is 1. The van der Waals surface area contributed by atoms with Crippen molar-refractivity contribution in [3.05, 3.63) is 50.7 Å². The van der Waals surface area contributed by atoms with Gasteiger partial charge in [0.2, 0.25) is 0 Å². The van der Waals surface area contributed by atoms with Crippen molar-refractivity contribution in [2.75, 3.05) is 0 Å². The van der Waals surface area contributed by atoms with Gasteiger partial charge in [-0.1, -0.05) is 11.6 Å². The van der Waals surface area contributed by atoms with E-state index >= 15 is 0 Å². The van der Waals surface area contributed by atoms with Gasteiger partial charge in [0, 0.05) is 10.9 Å². The lowest BCUT2D eigenvalue weighted by atomic mass is 10.1. The summed E-state index contributed by atoms with van der Waals surface area (Å²) in [5, 5.41) is 2.76. The summed E-state index contributed by atoms with van der Waals surface area (Å²) in [6.45, 7) is 1.88. The van der Waals surface area contributed by atoms with E-state index in [4.69, 9.17) is 11.6 Å². The van der Waals surface area contributed by atoms with Gasteiger partial charge in [0.1, 0.15) is 5.82 Å². The Labute approximate surface area is 107 Å². The first-order valence-electron chi connectivity index (χ1n) is 4.95. The number of thiazole rings is 1. The van der Waals surface area contributed by atoms with Crippen LogP contribution in [0.25, 0.3) is 0 Å². The summed E-state index contributed by atoms with van der Waals surface area (Å²) >= 11 is 7.04. The molecule has 0 unspecified atom stereocenters. The topological polar surface area (TPSA) is 30.0 Å². The number of Topliss-reactive ketones (excluding diaryl/α,β-unsaturated/α-hetero) is 1. The average Bonchev–Trinajstić information content (AvgIpc) is 2.68. The van der Waals surface area contributed by atoms with Crippen molar-refractivity contribution in [2.45, 2.75) is 13.3 Å². The van der Waals surface area contributed by atoms with Crippen LogP contribution in [0.3, 0.4) is 0 Å². The molecule has 2 aromatic rings. The number of ketones is 1. The van der Waals surface area contributed by atoms with Crippen molar-refractivity contribution in [3.8, 4) is 0 Å². The number of halogens is 2. The molecule has 0 amide bonds. The molecule has 0 spiro atoms. The summed E-state index contributed by atoms with van der Waals surface area (Å²) < 4.78 is 13.2. The van der Waals surface area contributed by atoms with Gasteiger partial charge in [-0.2, -0.15) is 0 Å². The summed E-state index contributed by atoms with van der Waals surface area (Å²) in [7, 11) is 0. The van der Waals surface area contributed by atoms with Gasteiger partial charge in [0.25, 0.3) is 0 Å². The van der Waals surface area contributed by atoms with E-state index in [1.54, 1.807) is 0 Å². The number of aryl methyl sites for hydroxylation is 1. The van der Waals surface area contributed by atoms with Crippen LogP contribution in [0.1, 0.15) is 21.1 Å². The molecule has 1 heterocycles. The normalized spacial score (nSPS) is 10.5. The monoisotopic (exact) mass is 269 g/mol. The molecule has 0 N–H and O–H groups in total. The average molecular weight is 270 g/mol. The minimum Gasteiger partial charge on any atom is -0.294 e. The highest BCUT2D eigenvalue weighted by atomic mass is 35.5. The largest absolute Gasteiger partial charge is 0.294 e. The van der Waals surface area contributed by atoms with Crippen molar-refractivity contribution in [2.24, 2.45) is 0 Å². The lowest BCUT2D eigenvalue weighted by Gasteiger charge is -2.00. The predicted octanol–water partition coefficient (Wildman–Crippen LogP) is 3.67. The number of rotatable bonds is 3. The van der Waals surface area contributed by atoms with Crippen molar-refractivity contribution >= 4 is 28.7 Å². The highest BCUT2D eigenvalue weighted by molar-refractivity contribution is 7.09. The molecule has 1 aromatic carbocycles. The number of carbonyl (C=O) groups excluding carboxylic acids is 1. The smallest absolute Gasteiger partial charge is 0.168 e. The number of benzene rings is 1. The Morgan fingerprint density at radius 1 is 1.53 bits per heavy atom. The van der Waals surface area contributed by atoms with Crippen LogP contribution in [0.2, 0.25) is 5.02 Å². The maximum atomic E-state index is 13.2. The summed E-state index contributed by atoms with van der Waals surface area (Å²) in [5.41, 5.74) is 1.03. The Morgan fingerprint density at radius 3 is 2.88 bits per heavy atom. The van der Waals surface area contributed by atoms with Crippen molar-refractivity contribution < 1.29 is 9.18 Å². The van der Waals surface area contributed by atoms with Crippen LogP contribution < -0.4 is 0 Å². The molecule has 0 atom stereocenters. The zero-order valence-electron chi connectivity index (χ0n) is 9.04. The van der Waals surface area contributed by atoms with E-state index in [-0.39, 0.29) is 17.2 Å². The second-order valence-electron chi connectivity index (χ2n) is 3.59. The Balaban J connectivity index is 2.17. The molecule has 2 nitrogen and oxygen atoms in total. The summed E-state index contributed by atoms with van der Waals surface area (Å²) in [6, 6.07) is 4.06. The van der Waals surface area contributed by atoms with E-state index < -0.39 is 5.82 Å². The second kappa shape index (κ2) is 4.94. The highest BCUT2D eigenvalue weighted by Crippen LogP contribution is 2.17. The predicted molar refractivity (Wildman–Crippen MR) is 66.3 cm³/mol. The number of hydrogen-bond donors (Lipinski definition) is 0. The first kappa shape index (κ1) is 12.2. The summed E-state index contributed by atoms with van der Waals surface area (Å²) in [5.74, 6) is -0.738. The Bertz CT molecular complexity index is 567. The van der Waals surface area contributed by atoms with Crippen LogP contribution in [0.15, 0.2) is 23.6 Å². The molecular weight excluding hydrogens is 261 g/mol. The zero-order chi connectivity index (χ0) is 12.4. The van der Waals surface area contributed by atoms with Crippen LogP contribution in [0.4, 0.5) is 4.39 Å². The Kier molecular flexibility index (Phi) is 3.54. The summed E-state index contributed by atoms with van der Waals surface area (Å²) in [4.78, 5) is 16.0. The van der Waals surface area contributed by atoms with Gasteiger partial charge in [-0.05, 0) is 25.1 Å². The van der Waals surface area contributed by atoms with Crippen LogP contribution in [-0.2, 0) is 6.42 Å².